The molecule has 7 heteroatoms. The first-order valence-corrected chi connectivity index (χ1v) is 10.4. The highest BCUT2D eigenvalue weighted by Crippen LogP contribution is 2.41. The van der Waals surface area contributed by atoms with Crippen LogP contribution in [0.15, 0.2) is 29.4 Å². The topological polar surface area (TPSA) is 63.1 Å². The summed E-state index contributed by atoms with van der Waals surface area (Å²) in [6.45, 7) is 4.14. The molecular formula is C19H25N5OS. The van der Waals surface area contributed by atoms with Crippen molar-refractivity contribution in [1.82, 2.24) is 14.8 Å². The number of anilines is 2. The second-order valence-electron chi connectivity index (χ2n) is 7.14. The SMILES string of the molecule is Cc1cccc(NC(=O)CSc2nnc(N3CCCCC3)n2C2CC2)c1. The number of nitrogens with one attached hydrogen (secondary N) is 1. The van der Waals surface area contributed by atoms with Crippen LogP contribution < -0.4 is 10.2 Å². The summed E-state index contributed by atoms with van der Waals surface area (Å²) in [4.78, 5) is 14.7. The lowest BCUT2D eigenvalue weighted by Gasteiger charge is -2.27. The van der Waals surface area contributed by atoms with Gasteiger partial charge in [-0.25, -0.2) is 0 Å². The zero-order valence-corrected chi connectivity index (χ0v) is 16.0. The molecule has 0 radical (unpaired) electrons. The van der Waals surface area contributed by atoms with E-state index in [0.29, 0.717) is 11.8 Å². The minimum atomic E-state index is -0.00882. The maximum atomic E-state index is 12.3. The second-order valence-corrected chi connectivity index (χ2v) is 8.08. The van der Waals surface area contributed by atoms with Gasteiger partial charge in [0.05, 0.1) is 5.75 Å². The molecule has 0 bridgehead atoms. The highest BCUT2D eigenvalue weighted by atomic mass is 32.2. The number of rotatable bonds is 6. The number of aryl methyl sites for hydroxylation is 1. The van der Waals surface area contributed by atoms with Gasteiger partial charge >= 0.3 is 0 Å². The highest BCUT2D eigenvalue weighted by molar-refractivity contribution is 7.99. The molecule has 0 unspecified atom stereocenters. The van der Waals surface area contributed by atoms with Crippen LogP contribution in [0.25, 0.3) is 0 Å². The second kappa shape index (κ2) is 7.70. The molecule has 0 spiro atoms. The van der Waals surface area contributed by atoms with Crippen molar-refractivity contribution in [3.63, 3.8) is 0 Å². The number of thioether (sulfide) groups is 1. The number of carbonyl (C=O) groups is 1. The van der Waals surface area contributed by atoms with E-state index in [0.717, 1.165) is 35.4 Å². The molecule has 138 valence electrons. The first-order valence-electron chi connectivity index (χ1n) is 9.40. The number of nitrogens with zero attached hydrogens (tertiary/aromatic N) is 4. The van der Waals surface area contributed by atoms with Crippen LogP contribution in [0, 0.1) is 6.92 Å². The van der Waals surface area contributed by atoms with Gasteiger partial charge < -0.3 is 10.2 Å². The summed E-state index contributed by atoms with van der Waals surface area (Å²) in [7, 11) is 0. The van der Waals surface area contributed by atoms with E-state index >= 15 is 0 Å². The Morgan fingerprint density at radius 1 is 1.23 bits per heavy atom. The van der Waals surface area contributed by atoms with Crippen LogP contribution in [0.4, 0.5) is 11.6 Å². The molecule has 26 heavy (non-hydrogen) atoms. The van der Waals surface area contributed by atoms with E-state index in [1.54, 1.807) is 0 Å². The third kappa shape index (κ3) is 4.03. The van der Waals surface area contributed by atoms with Crippen LogP contribution in [0.5, 0.6) is 0 Å². The average molecular weight is 372 g/mol. The summed E-state index contributed by atoms with van der Waals surface area (Å²) in [5.74, 6) is 1.33. The quantitative estimate of drug-likeness (QED) is 0.786. The predicted molar refractivity (Wildman–Crippen MR) is 105 cm³/mol. The van der Waals surface area contributed by atoms with E-state index < -0.39 is 0 Å². The molecule has 2 heterocycles. The molecule has 1 aliphatic carbocycles. The minimum Gasteiger partial charge on any atom is -0.341 e. The zero-order valence-electron chi connectivity index (χ0n) is 15.1. The molecule has 2 aliphatic rings. The summed E-state index contributed by atoms with van der Waals surface area (Å²) >= 11 is 1.48. The lowest BCUT2D eigenvalue weighted by molar-refractivity contribution is -0.113. The maximum Gasteiger partial charge on any atom is 0.234 e. The molecule has 2 fully saturated rings. The Morgan fingerprint density at radius 3 is 2.77 bits per heavy atom. The fraction of sp³-hybridized carbons (Fsp3) is 0.526. The van der Waals surface area contributed by atoms with Crippen molar-refractivity contribution in [2.45, 2.75) is 50.2 Å². The molecule has 1 saturated carbocycles. The normalized spacial score (nSPS) is 17.3. The lowest BCUT2D eigenvalue weighted by atomic mass is 10.1. The third-order valence-electron chi connectivity index (χ3n) is 4.83. The molecular weight excluding hydrogens is 346 g/mol. The van der Waals surface area contributed by atoms with E-state index in [2.05, 4.69) is 25.0 Å². The predicted octanol–water partition coefficient (Wildman–Crippen LogP) is 3.64. The van der Waals surface area contributed by atoms with Gasteiger partial charge in [-0.1, -0.05) is 23.9 Å². The Balaban J connectivity index is 1.41. The van der Waals surface area contributed by atoms with Gasteiger partial charge in [-0.3, -0.25) is 9.36 Å². The van der Waals surface area contributed by atoms with E-state index in [1.807, 2.05) is 31.2 Å². The zero-order chi connectivity index (χ0) is 17.9. The van der Waals surface area contributed by atoms with Gasteiger partial charge in [0, 0.05) is 24.8 Å². The Morgan fingerprint density at radius 2 is 2.04 bits per heavy atom. The van der Waals surface area contributed by atoms with Crippen LogP contribution >= 0.6 is 11.8 Å². The van der Waals surface area contributed by atoms with Gasteiger partial charge in [-0.05, 0) is 56.7 Å². The van der Waals surface area contributed by atoms with Crippen LogP contribution in [0.1, 0.15) is 43.7 Å². The summed E-state index contributed by atoms with van der Waals surface area (Å²) < 4.78 is 2.26. The molecule has 1 amide bonds. The molecule has 4 rings (SSSR count). The van der Waals surface area contributed by atoms with E-state index in [-0.39, 0.29) is 5.91 Å². The Kier molecular flexibility index (Phi) is 5.15. The van der Waals surface area contributed by atoms with Crippen molar-refractivity contribution in [2.24, 2.45) is 0 Å². The molecule has 2 aromatic rings. The summed E-state index contributed by atoms with van der Waals surface area (Å²) in [5, 5.41) is 12.7. The van der Waals surface area contributed by atoms with E-state index in [1.165, 1.54) is 43.9 Å². The molecule has 0 atom stereocenters. The molecule has 1 aromatic heterocycles. The number of piperidine rings is 1. The Labute approximate surface area is 158 Å². The maximum absolute atomic E-state index is 12.3. The standard InChI is InChI=1S/C19H25N5OS/c1-14-6-5-7-15(12-14)20-17(25)13-26-19-22-21-18(24(19)16-8-9-16)23-10-3-2-4-11-23/h5-7,12,16H,2-4,8-11,13H2,1H3,(H,20,25). The first kappa shape index (κ1) is 17.4. The van der Waals surface area contributed by atoms with E-state index in [4.69, 9.17) is 0 Å². The number of hydrogen-bond acceptors (Lipinski definition) is 5. The molecule has 1 aliphatic heterocycles. The highest BCUT2D eigenvalue weighted by Gasteiger charge is 2.32. The van der Waals surface area contributed by atoms with Crippen molar-refractivity contribution in [1.29, 1.82) is 0 Å². The van der Waals surface area contributed by atoms with E-state index in [9.17, 15) is 4.79 Å². The molecule has 6 nitrogen and oxygen atoms in total. The molecule has 1 aromatic carbocycles. The fourth-order valence-electron chi connectivity index (χ4n) is 3.38. The number of amides is 1. The Bertz CT molecular complexity index is 780. The largest absolute Gasteiger partial charge is 0.341 e. The third-order valence-corrected chi connectivity index (χ3v) is 5.77. The van der Waals surface area contributed by atoms with Gasteiger partial charge in [0.2, 0.25) is 11.9 Å². The van der Waals surface area contributed by atoms with Crippen LogP contribution in [0.3, 0.4) is 0 Å². The van der Waals surface area contributed by atoms with Crippen molar-refractivity contribution < 1.29 is 4.79 Å². The summed E-state index contributed by atoms with van der Waals surface area (Å²) in [5.41, 5.74) is 1.98. The monoisotopic (exact) mass is 371 g/mol. The van der Waals surface area contributed by atoms with Gasteiger partial charge in [-0.15, -0.1) is 10.2 Å². The smallest absolute Gasteiger partial charge is 0.234 e. The van der Waals surface area contributed by atoms with Gasteiger partial charge in [0.1, 0.15) is 0 Å². The number of hydrogen-bond donors (Lipinski definition) is 1. The fourth-order valence-corrected chi connectivity index (χ4v) is 4.18. The van der Waals surface area contributed by atoms with Gasteiger partial charge in [-0.2, -0.15) is 0 Å². The number of aromatic nitrogens is 3. The number of benzene rings is 1. The average Bonchev–Trinajstić information content (AvgIpc) is 3.40. The Hall–Kier alpha value is -2.02. The summed E-state index contributed by atoms with van der Waals surface area (Å²) in [6, 6.07) is 8.36. The molecule has 1 saturated heterocycles. The van der Waals surface area contributed by atoms with Gasteiger partial charge in [0.15, 0.2) is 5.16 Å². The van der Waals surface area contributed by atoms with Crippen LogP contribution in [0.2, 0.25) is 0 Å². The summed E-state index contributed by atoms with van der Waals surface area (Å²) in [6.07, 6.45) is 6.11. The van der Waals surface area contributed by atoms with Gasteiger partial charge in [0.25, 0.3) is 0 Å². The lowest BCUT2D eigenvalue weighted by Crippen LogP contribution is -2.32. The van der Waals surface area contributed by atoms with Crippen LogP contribution in [-0.2, 0) is 4.79 Å². The van der Waals surface area contributed by atoms with Crippen LogP contribution in [-0.4, -0.2) is 39.5 Å². The minimum absolute atomic E-state index is 0.00882. The number of carbonyl (C=O) groups excluding carboxylic acids is 1. The van der Waals surface area contributed by atoms with Crippen molar-refractivity contribution in [3.05, 3.63) is 29.8 Å². The van der Waals surface area contributed by atoms with Crippen molar-refractivity contribution in [3.8, 4) is 0 Å². The first-order chi connectivity index (χ1) is 12.7. The van der Waals surface area contributed by atoms with Crippen molar-refractivity contribution >= 4 is 29.3 Å². The van der Waals surface area contributed by atoms with Crippen molar-refractivity contribution in [2.75, 3.05) is 29.1 Å². The molecule has 1 N–H and O–H groups in total.